The first-order valence-corrected chi connectivity index (χ1v) is 5.79. The summed E-state index contributed by atoms with van der Waals surface area (Å²) in [6.07, 6.45) is 4.88. The van der Waals surface area contributed by atoms with Crippen molar-refractivity contribution in [1.29, 1.82) is 0 Å². The van der Waals surface area contributed by atoms with Gasteiger partial charge in [-0.05, 0) is 6.07 Å². The minimum Gasteiger partial charge on any atom is -0.462 e. The molecule has 9 nitrogen and oxygen atoms in total. The van der Waals surface area contributed by atoms with Crippen LogP contribution in [0.15, 0.2) is 24.7 Å². The maximum absolute atomic E-state index is 11.8. The Balaban J connectivity index is 1.66. The molecule has 20 heavy (non-hydrogen) atoms. The van der Waals surface area contributed by atoms with E-state index >= 15 is 0 Å². The van der Waals surface area contributed by atoms with Crippen LogP contribution in [0.4, 0.5) is 0 Å². The molecule has 3 aromatic heterocycles. The Hall–Kier alpha value is -2.97. The van der Waals surface area contributed by atoms with Crippen molar-refractivity contribution in [2.75, 3.05) is 6.61 Å². The highest BCUT2D eigenvalue weighted by atomic mass is 16.5. The molecule has 0 aliphatic carbocycles. The molecule has 100 valence electrons. The van der Waals surface area contributed by atoms with E-state index in [2.05, 4.69) is 35.6 Å². The Bertz CT molecular complexity index is 728. The summed E-state index contributed by atoms with van der Waals surface area (Å²) >= 11 is 0. The Morgan fingerprint density at radius 2 is 2.15 bits per heavy atom. The molecule has 0 spiro atoms. The molecule has 0 fully saturated rings. The molecule has 0 saturated heterocycles. The van der Waals surface area contributed by atoms with Gasteiger partial charge in [0.1, 0.15) is 5.52 Å². The Kier molecular flexibility index (Phi) is 3.23. The van der Waals surface area contributed by atoms with Gasteiger partial charge in [-0.25, -0.2) is 14.8 Å². The van der Waals surface area contributed by atoms with E-state index in [0.717, 1.165) is 0 Å². The second-order valence-electron chi connectivity index (χ2n) is 3.84. The lowest BCUT2D eigenvalue weighted by Gasteiger charge is -2.03. The van der Waals surface area contributed by atoms with E-state index in [1.807, 2.05) is 0 Å². The number of esters is 1. The molecular weight excluding hydrogens is 262 g/mol. The molecule has 3 aromatic rings. The van der Waals surface area contributed by atoms with Gasteiger partial charge in [-0.2, -0.15) is 5.21 Å². The normalized spacial score (nSPS) is 10.6. The van der Waals surface area contributed by atoms with Gasteiger partial charge in [0.05, 0.1) is 12.2 Å². The lowest BCUT2D eigenvalue weighted by atomic mass is 10.2. The number of ether oxygens (including phenoxy) is 1. The van der Waals surface area contributed by atoms with Crippen molar-refractivity contribution in [2.24, 2.45) is 0 Å². The van der Waals surface area contributed by atoms with Gasteiger partial charge in [0.2, 0.25) is 0 Å². The second-order valence-corrected chi connectivity index (χ2v) is 3.84. The van der Waals surface area contributed by atoms with Crippen molar-refractivity contribution in [1.82, 2.24) is 35.6 Å². The molecule has 9 heteroatoms. The second kappa shape index (κ2) is 5.34. The maximum Gasteiger partial charge on any atom is 0.339 e. The number of fused-ring (bicyclic) bond motifs is 1. The van der Waals surface area contributed by atoms with Crippen molar-refractivity contribution in [2.45, 2.75) is 6.42 Å². The van der Waals surface area contributed by atoms with Crippen LogP contribution in [0.25, 0.3) is 11.2 Å². The summed E-state index contributed by atoms with van der Waals surface area (Å²) in [5.41, 5.74) is 1.35. The molecule has 0 radical (unpaired) electrons. The van der Waals surface area contributed by atoms with Gasteiger partial charge in [-0.1, -0.05) is 5.21 Å². The zero-order valence-electron chi connectivity index (χ0n) is 10.2. The minimum absolute atomic E-state index is 0.164. The van der Waals surface area contributed by atoms with Gasteiger partial charge in [0, 0.05) is 25.0 Å². The highest BCUT2D eigenvalue weighted by Crippen LogP contribution is 2.08. The Labute approximate surface area is 112 Å². The number of rotatable bonds is 4. The molecule has 0 bridgehead atoms. The molecule has 0 aromatic carbocycles. The maximum atomic E-state index is 11.8. The molecule has 0 amide bonds. The fourth-order valence-corrected chi connectivity index (χ4v) is 1.58. The van der Waals surface area contributed by atoms with E-state index in [0.29, 0.717) is 29.0 Å². The molecule has 0 aliphatic heterocycles. The molecular formula is C11H9N7O2. The molecule has 3 rings (SSSR count). The topological polar surface area (TPSA) is 119 Å². The lowest BCUT2D eigenvalue weighted by molar-refractivity contribution is 0.0507. The molecule has 0 saturated carbocycles. The number of aromatic nitrogens is 7. The van der Waals surface area contributed by atoms with Crippen LogP contribution >= 0.6 is 0 Å². The average molecular weight is 271 g/mol. The van der Waals surface area contributed by atoms with Crippen molar-refractivity contribution >= 4 is 17.1 Å². The summed E-state index contributed by atoms with van der Waals surface area (Å²) in [6.45, 7) is 0.164. The quantitative estimate of drug-likeness (QED) is 0.655. The van der Waals surface area contributed by atoms with E-state index in [-0.39, 0.29) is 6.61 Å². The van der Waals surface area contributed by atoms with Crippen LogP contribution in [-0.4, -0.2) is 48.2 Å². The summed E-state index contributed by atoms with van der Waals surface area (Å²) in [5, 5.41) is 13.2. The molecule has 0 unspecified atom stereocenters. The van der Waals surface area contributed by atoms with E-state index in [1.165, 1.54) is 18.6 Å². The fraction of sp³-hybridized carbons (Fsp3) is 0.182. The predicted molar refractivity (Wildman–Crippen MR) is 65.5 cm³/mol. The standard InChI is InChI=1S/C11H9N7O2/c19-11(20-4-1-9-15-17-18-16-9)7-5-8-10(14-6-7)13-3-2-12-8/h2-3,5-6H,1,4H2,(H,15,16,17,18). The number of nitrogens with zero attached hydrogens (tertiary/aromatic N) is 6. The highest BCUT2D eigenvalue weighted by Gasteiger charge is 2.10. The van der Waals surface area contributed by atoms with Crippen molar-refractivity contribution in [3.05, 3.63) is 36.0 Å². The monoisotopic (exact) mass is 271 g/mol. The lowest BCUT2D eigenvalue weighted by Crippen LogP contribution is -2.09. The van der Waals surface area contributed by atoms with Crippen LogP contribution in [0.2, 0.25) is 0 Å². The Morgan fingerprint density at radius 1 is 1.25 bits per heavy atom. The number of pyridine rings is 1. The largest absolute Gasteiger partial charge is 0.462 e. The smallest absolute Gasteiger partial charge is 0.339 e. The molecule has 0 aliphatic rings. The van der Waals surface area contributed by atoms with Crippen LogP contribution in [0.5, 0.6) is 0 Å². The first-order chi connectivity index (χ1) is 9.83. The van der Waals surface area contributed by atoms with E-state index < -0.39 is 5.97 Å². The van der Waals surface area contributed by atoms with Gasteiger partial charge >= 0.3 is 5.97 Å². The summed E-state index contributed by atoms with van der Waals surface area (Å²) in [5.74, 6) is 0.00820. The van der Waals surface area contributed by atoms with Gasteiger partial charge < -0.3 is 4.74 Å². The van der Waals surface area contributed by atoms with Crippen LogP contribution in [-0.2, 0) is 11.2 Å². The summed E-state index contributed by atoms with van der Waals surface area (Å²) in [6, 6.07) is 1.59. The number of hydrogen-bond acceptors (Lipinski definition) is 8. The van der Waals surface area contributed by atoms with E-state index in [1.54, 1.807) is 6.07 Å². The predicted octanol–water partition coefficient (Wildman–Crippen LogP) is -0.0626. The zero-order chi connectivity index (χ0) is 13.8. The number of hydrogen-bond donors (Lipinski definition) is 1. The Morgan fingerprint density at radius 3 is 3.00 bits per heavy atom. The number of tetrazole rings is 1. The van der Waals surface area contributed by atoms with Crippen molar-refractivity contribution in [3.63, 3.8) is 0 Å². The van der Waals surface area contributed by atoms with Gasteiger partial charge in [0.15, 0.2) is 11.5 Å². The third kappa shape index (κ3) is 2.55. The highest BCUT2D eigenvalue weighted by molar-refractivity contribution is 5.92. The van der Waals surface area contributed by atoms with Crippen LogP contribution in [0.3, 0.4) is 0 Å². The van der Waals surface area contributed by atoms with Crippen LogP contribution < -0.4 is 0 Å². The number of carbonyl (C=O) groups is 1. The third-order valence-electron chi connectivity index (χ3n) is 2.51. The first-order valence-electron chi connectivity index (χ1n) is 5.79. The first kappa shape index (κ1) is 12.1. The van der Waals surface area contributed by atoms with Crippen molar-refractivity contribution < 1.29 is 9.53 Å². The molecule has 0 atom stereocenters. The summed E-state index contributed by atoms with van der Waals surface area (Å²) < 4.78 is 5.10. The van der Waals surface area contributed by atoms with Gasteiger partial charge in [-0.3, -0.25) is 4.98 Å². The van der Waals surface area contributed by atoms with E-state index in [4.69, 9.17) is 4.74 Å². The van der Waals surface area contributed by atoms with Crippen LogP contribution in [0.1, 0.15) is 16.2 Å². The number of carbonyl (C=O) groups excluding carboxylic acids is 1. The summed E-state index contributed by atoms with van der Waals surface area (Å²) in [7, 11) is 0. The number of H-pyrrole nitrogens is 1. The van der Waals surface area contributed by atoms with Crippen molar-refractivity contribution in [3.8, 4) is 0 Å². The SMILES string of the molecule is O=C(OCCc1nn[nH]n1)c1cnc2nccnc2c1. The van der Waals surface area contributed by atoms with Gasteiger partial charge in [0.25, 0.3) is 0 Å². The summed E-state index contributed by atoms with van der Waals surface area (Å²) in [4.78, 5) is 24.0. The fourth-order valence-electron chi connectivity index (χ4n) is 1.58. The van der Waals surface area contributed by atoms with Crippen LogP contribution in [0, 0.1) is 0 Å². The minimum atomic E-state index is -0.478. The number of nitrogens with one attached hydrogen (secondary N) is 1. The van der Waals surface area contributed by atoms with Gasteiger partial charge in [-0.15, -0.1) is 10.2 Å². The number of aromatic amines is 1. The molecule has 1 N–H and O–H groups in total. The molecule has 3 heterocycles. The van der Waals surface area contributed by atoms with E-state index in [9.17, 15) is 4.79 Å². The average Bonchev–Trinajstić information content (AvgIpc) is 3.00. The zero-order valence-corrected chi connectivity index (χ0v) is 10.2. The third-order valence-corrected chi connectivity index (χ3v) is 2.51.